The van der Waals surface area contributed by atoms with Crippen LogP contribution in [0.4, 0.5) is 10.1 Å². The fourth-order valence-electron chi connectivity index (χ4n) is 1.97. The Bertz CT molecular complexity index is 613. The standard InChI is InChI=1S/C14H17ClFN3O/c1-4-11-14(15)12(19(2)18-11)8-17-9-5-6-10(16)13(7-9)20-3/h5-7,17H,4,8H2,1-3H3. The second-order valence-corrected chi connectivity index (χ2v) is 4.77. The zero-order chi connectivity index (χ0) is 14.7. The summed E-state index contributed by atoms with van der Waals surface area (Å²) in [5, 5.41) is 8.22. The number of hydrogen-bond acceptors (Lipinski definition) is 3. The predicted octanol–water partition coefficient (Wildman–Crippen LogP) is 3.40. The highest BCUT2D eigenvalue weighted by molar-refractivity contribution is 6.31. The van der Waals surface area contributed by atoms with Crippen LogP contribution in [0.1, 0.15) is 18.3 Å². The van der Waals surface area contributed by atoms with Gasteiger partial charge in [-0.1, -0.05) is 18.5 Å². The first-order chi connectivity index (χ1) is 9.56. The third kappa shape index (κ3) is 2.88. The average Bonchev–Trinajstić information content (AvgIpc) is 2.72. The summed E-state index contributed by atoms with van der Waals surface area (Å²) in [6.07, 6.45) is 0.789. The fourth-order valence-corrected chi connectivity index (χ4v) is 2.33. The summed E-state index contributed by atoms with van der Waals surface area (Å²) in [6, 6.07) is 4.63. The number of anilines is 1. The van der Waals surface area contributed by atoms with E-state index in [1.165, 1.54) is 13.2 Å². The molecule has 0 radical (unpaired) electrons. The van der Waals surface area contributed by atoms with Crippen molar-refractivity contribution in [2.24, 2.45) is 7.05 Å². The van der Waals surface area contributed by atoms with Gasteiger partial charge < -0.3 is 10.1 Å². The Morgan fingerprint density at radius 1 is 1.45 bits per heavy atom. The maximum Gasteiger partial charge on any atom is 0.165 e. The highest BCUT2D eigenvalue weighted by Crippen LogP contribution is 2.24. The lowest BCUT2D eigenvalue weighted by atomic mass is 10.2. The van der Waals surface area contributed by atoms with Crippen molar-refractivity contribution in [3.63, 3.8) is 0 Å². The van der Waals surface area contributed by atoms with E-state index in [1.807, 2.05) is 14.0 Å². The zero-order valence-electron chi connectivity index (χ0n) is 11.7. The van der Waals surface area contributed by atoms with E-state index < -0.39 is 0 Å². The molecule has 1 heterocycles. The van der Waals surface area contributed by atoms with Gasteiger partial charge in [0.1, 0.15) is 0 Å². The molecule has 0 aliphatic heterocycles. The van der Waals surface area contributed by atoms with Gasteiger partial charge in [-0.3, -0.25) is 4.68 Å². The van der Waals surface area contributed by atoms with Crippen LogP contribution in [0.15, 0.2) is 18.2 Å². The van der Waals surface area contributed by atoms with Gasteiger partial charge in [-0.2, -0.15) is 5.10 Å². The third-order valence-electron chi connectivity index (χ3n) is 3.11. The van der Waals surface area contributed by atoms with Gasteiger partial charge in [-0.05, 0) is 18.6 Å². The van der Waals surface area contributed by atoms with Crippen molar-refractivity contribution in [3.05, 3.63) is 40.4 Å². The summed E-state index contributed by atoms with van der Waals surface area (Å²) in [4.78, 5) is 0. The molecule has 108 valence electrons. The number of halogens is 2. The van der Waals surface area contributed by atoms with Crippen molar-refractivity contribution < 1.29 is 9.13 Å². The molecule has 0 bridgehead atoms. The number of rotatable bonds is 5. The molecule has 0 amide bonds. The van der Waals surface area contributed by atoms with Crippen LogP contribution >= 0.6 is 11.6 Å². The van der Waals surface area contributed by atoms with Crippen LogP contribution in [0.2, 0.25) is 5.02 Å². The molecule has 2 rings (SSSR count). The molecule has 0 unspecified atom stereocenters. The van der Waals surface area contributed by atoms with Crippen molar-refractivity contribution in [2.45, 2.75) is 19.9 Å². The van der Waals surface area contributed by atoms with E-state index in [4.69, 9.17) is 16.3 Å². The molecule has 20 heavy (non-hydrogen) atoms. The monoisotopic (exact) mass is 297 g/mol. The Balaban J connectivity index is 2.15. The van der Waals surface area contributed by atoms with Crippen LogP contribution in [0.25, 0.3) is 0 Å². The number of benzene rings is 1. The van der Waals surface area contributed by atoms with E-state index in [2.05, 4.69) is 10.4 Å². The van der Waals surface area contributed by atoms with E-state index >= 15 is 0 Å². The van der Waals surface area contributed by atoms with Crippen LogP contribution < -0.4 is 10.1 Å². The molecule has 0 saturated heterocycles. The van der Waals surface area contributed by atoms with Crippen LogP contribution in [-0.2, 0) is 20.0 Å². The molecular formula is C14H17ClFN3O. The molecule has 1 N–H and O–H groups in total. The van der Waals surface area contributed by atoms with Gasteiger partial charge in [0.2, 0.25) is 0 Å². The van der Waals surface area contributed by atoms with Crippen molar-refractivity contribution in [1.29, 1.82) is 0 Å². The Morgan fingerprint density at radius 3 is 2.80 bits per heavy atom. The van der Waals surface area contributed by atoms with Gasteiger partial charge in [0.15, 0.2) is 11.6 Å². The summed E-state index contributed by atoms with van der Waals surface area (Å²) in [6.45, 7) is 2.52. The summed E-state index contributed by atoms with van der Waals surface area (Å²) in [5.41, 5.74) is 2.54. The van der Waals surface area contributed by atoms with Crippen molar-refractivity contribution in [3.8, 4) is 5.75 Å². The molecule has 0 fully saturated rings. The number of nitrogens with one attached hydrogen (secondary N) is 1. The Morgan fingerprint density at radius 2 is 2.20 bits per heavy atom. The Hall–Kier alpha value is -1.75. The number of nitrogens with zero attached hydrogens (tertiary/aromatic N) is 2. The second kappa shape index (κ2) is 6.13. The molecule has 1 aromatic heterocycles. The van der Waals surface area contributed by atoms with E-state index in [0.717, 1.165) is 23.5 Å². The maximum absolute atomic E-state index is 13.3. The van der Waals surface area contributed by atoms with E-state index in [9.17, 15) is 4.39 Å². The van der Waals surface area contributed by atoms with Crippen molar-refractivity contribution in [2.75, 3.05) is 12.4 Å². The van der Waals surface area contributed by atoms with Gasteiger partial charge in [-0.25, -0.2) is 4.39 Å². The summed E-state index contributed by atoms with van der Waals surface area (Å²) in [5.74, 6) is -0.176. The minimum Gasteiger partial charge on any atom is -0.494 e. The normalized spacial score (nSPS) is 10.7. The minimum absolute atomic E-state index is 0.209. The number of aryl methyl sites for hydroxylation is 2. The minimum atomic E-state index is -0.384. The molecule has 0 spiro atoms. The smallest absolute Gasteiger partial charge is 0.165 e. The van der Waals surface area contributed by atoms with E-state index in [0.29, 0.717) is 11.6 Å². The number of aromatic nitrogens is 2. The zero-order valence-corrected chi connectivity index (χ0v) is 12.5. The van der Waals surface area contributed by atoms with Crippen LogP contribution in [0.5, 0.6) is 5.75 Å². The molecule has 1 aromatic carbocycles. The fraction of sp³-hybridized carbons (Fsp3) is 0.357. The first-order valence-corrected chi connectivity index (χ1v) is 6.72. The first-order valence-electron chi connectivity index (χ1n) is 6.34. The van der Waals surface area contributed by atoms with Crippen LogP contribution in [0, 0.1) is 5.82 Å². The summed E-state index contributed by atoms with van der Waals surface area (Å²) in [7, 11) is 3.29. The molecule has 0 saturated carbocycles. The van der Waals surface area contributed by atoms with Gasteiger partial charge in [0, 0.05) is 18.8 Å². The van der Waals surface area contributed by atoms with Gasteiger partial charge in [-0.15, -0.1) is 0 Å². The van der Waals surface area contributed by atoms with Gasteiger partial charge in [0.25, 0.3) is 0 Å². The van der Waals surface area contributed by atoms with E-state index in [1.54, 1.807) is 16.8 Å². The topological polar surface area (TPSA) is 39.1 Å². The lowest BCUT2D eigenvalue weighted by Gasteiger charge is -2.09. The lowest BCUT2D eigenvalue weighted by molar-refractivity contribution is 0.387. The highest BCUT2D eigenvalue weighted by Gasteiger charge is 2.12. The highest BCUT2D eigenvalue weighted by atomic mass is 35.5. The molecule has 4 nitrogen and oxygen atoms in total. The van der Waals surface area contributed by atoms with Crippen molar-refractivity contribution in [1.82, 2.24) is 9.78 Å². The number of hydrogen-bond donors (Lipinski definition) is 1. The maximum atomic E-state index is 13.3. The molecule has 0 atom stereocenters. The van der Waals surface area contributed by atoms with Crippen LogP contribution in [0.3, 0.4) is 0 Å². The molecule has 2 aromatic rings. The molecular weight excluding hydrogens is 281 g/mol. The lowest BCUT2D eigenvalue weighted by Crippen LogP contribution is -2.06. The Labute approximate surface area is 122 Å². The first kappa shape index (κ1) is 14.7. The molecule has 6 heteroatoms. The largest absolute Gasteiger partial charge is 0.494 e. The second-order valence-electron chi connectivity index (χ2n) is 4.39. The summed E-state index contributed by atoms with van der Waals surface area (Å²) < 4.78 is 20.0. The quantitative estimate of drug-likeness (QED) is 0.919. The van der Waals surface area contributed by atoms with Gasteiger partial charge >= 0.3 is 0 Å². The number of ether oxygens (including phenoxy) is 1. The number of methoxy groups -OCH3 is 1. The Kier molecular flexibility index (Phi) is 4.49. The van der Waals surface area contributed by atoms with Crippen molar-refractivity contribution >= 4 is 17.3 Å². The SMILES string of the molecule is CCc1nn(C)c(CNc2ccc(F)c(OC)c2)c1Cl. The molecule has 0 aliphatic rings. The van der Waals surface area contributed by atoms with E-state index in [-0.39, 0.29) is 11.6 Å². The average molecular weight is 298 g/mol. The van der Waals surface area contributed by atoms with Crippen LogP contribution in [-0.4, -0.2) is 16.9 Å². The summed E-state index contributed by atoms with van der Waals surface area (Å²) >= 11 is 6.27. The molecule has 0 aliphatic carbocycles. The third-order valence-corrected chi connectivity index (χ3v) is 3.55. The predicted molar refractivity (Wildman–Crippen MR) is 77.9 cm³/mol. The van der Waals surface area contributed by atoms with Gasteiger partial charge in [0.05, 0.1) is 30.1 Å².